The number of nitrogens with zero attached hydrogens (tertiary/aromatic N) is 3. The highest BCUT2D eigenvalue weighted by molar-refractivity contribution is 5.77. The van der Waals surface area contributed by atoms with Crippen LogP contribution < -0.4 is 10.6 Å². The van der Waals surface area contributed by atoms with Crippen molar-refractivity contribution >= 4 is 17.3 Å². The van der Waals surface area contributed by atoms with E-state index in [-0.39, 0.29) is 5.41 Å². The molecule has 2 N–H and O–H groups in total. The molecular weight excluding hydrogens is 330 g/mol. The number of ether oxygens (including phenoxy) is 1. The Balaban J connectivity index is 2.07. The van der Waals surface area contributed by atoms with Gasteiger partial charge in [0.1, 0.15) is 11.1 Å². The van der Waals surface area contributed by atoms with Crippen LogP contribution in [0.3, 0.4) is 0 Å². The van der Waals surface area contributed by atoms with Gasteiger partial charge in [0.15, 0.2) is 5.65 Å². The fourth-order valence-corrected chi connectivity index (χ4v) is 3.66. The molecule has 0 unspecified atom stereocenters. The Morgan fingerprint density at radius 1 is 1.15 bits per heavy atom. The summed E-state index contributed by atoms with van der Waals surface area (Å²) in [5.74, 6) is 0. The van der Waals surface area contributed by atoms with Crippen LogP contribution in [0.5, 0.6) is 0 Å². The number of hydrogen-bond donors (Lipinski definition) is 2. The van der Waals surface area contributed by atoms with Gasteiger partial charge in [-0.3, -0.25) is 4.98 Å². The molecule has 1 atom stereocenters. The van der Waals surface area contributed by atoms with E-state index in [2.05, 4.69) is 39.4 Å². The van der Waals surface area contributed by atoms with Crippen LogP contribution in [0.4, 0.5) is 4.79 Å². The van der Waals surface area contributed by atoms with Gasteiger partial charge in [0, 0.05) is 37.2 Å². The van der Waals surface area contributed by atoms with Crippen LogP contribution in [0.25, 0.3) is 11.2 Å². The summed E-state index contributed by atoms with van der Waals surface area (Å²) in [7, 11) is 0. The Morgan fingerprint density at radius 3 is 2.54 bits per heavy atom. The van der Waals surface area contributed by atoms with Gasteiger partial charge in [0.05, 0.1) is 5.54 Å². The minimum absolute atomic E-state index is 0.00886. The third kappa shape index (κ3) is 3.93. The Morgan fingerprint density at radius 2 is 1.85 bits per heavy atom. The highest BCUT2D eigenvalue weighted by atomic mass is 16.6. The van der Waals surface area contributed by atoms with E-state index in [0.717, 1.165) is 18.5 Å². The van der Waals surface area contributed by atoms with E-state index in [1.54, 1.807) is 18.6 Å². The Kier molecular flexibility index (Phi) is 4.60. The standard InChI is InChI=1S/C19H27N5O2/c1-17(2,3)26-16(25)24-19(10-18(4,5)11-20-12-19)13-6-7-22-15-14(13)21-8-9-23-15/h6-9,20H,10-12H2,1-5H3,(H,24,25)/t19-/m0/s1. The minimum Gasteiger partial charge on any atom is -0.444 e. The number of piperidine rings is 1. The largest absolute Gasteiger partial charge is 0.444 e. The van der Waals surface area contributed by atoms with Crippen molar-refractivity contribution in [3.8, 4) is 0 Å². The van der Waals surface area contributed by atoms with Crippen LogP contribution in [0, 0.1) is 5.41 Å². The zero-order valence-corrected chi connectivity index (χ0v) is 16.1. The number of rotatable bonds is 2. The molecule has 2 aromatic rings. The summed E-state index contributed by atoms with van der Waals surface area (Å²) in [5, 5.41) is 6.59. The molecule has 26 heavy (non-hydrogen) atoms. The molecule has 7 nitrogen and oxygen atoms in total. The average molecular weight is 357 g/mol. The number of pyridine rings is 1. The molecular formula is C19H27N5O2. The lowest BCUT2D eigenvalue weighted by Crippen LogP contribution is -2.60. The lowest BCUT2D eigenvalue weighted by atomic mass is 9.71. The van der Waals surface area contributed by atoms with E-state index < -0.39 is 17.2 Å². The summed E-state index contributed by atoms with van der Waals surface area (Å²) in [4.78, 5) is 25.7. The van der Waals surface area contributed by atoms with Gasteiger partial charge in [-0.1, -0.05) is 13.8 Å². The van der Waals surface area contributed by atoms with Gasteiger partial charge in [0.25, 0.3) is 0 Å². The summed E-state index contributed by atoms with van der Waals surface area (Å²) in [6.07, 6.45) is 5.30. The van der Waals surface area contributed by atoms with Crippen LogP contribution in [-0.2, 0) is 10.3 Å². The summed E-state index contributed by atoms with van der Waals surface area (Å²) in [5.41, 5.74) is 0.945. The number of amides is 1. The summed E-state index contributed by atoms with van der Waals surface area (Å²) in [6, 6.07) is 1.91. The minimum atomic E-state index is -0.651. The van der Waals surface area contributed by atoms with Crippen molar-refractivity contribution in [2.45, 2.75) is 52.2 Å². The zero-order valence-electron chi connectivity index (χ0n) is 16.1. The second-order valence-electron chi connectivity index (χ2n) is 8.74. The smallest absolute Gasteiger partial charge is 0.408 e. The molecule has 3 rings (SSSR count). The van der Waals surface area contributed by atoms with E-state index >= 15 is 0 Å². The number of aromatic nitrogens is 3. The van der Waals surface area contributed by atoms with E-state index in [1.165, 1.54) is 0 Å². The SMILES string of the molecule is CC1(C)CNC[C@](NC(=O)OC(C)(C)C)(c2ccnc3nccnc23)C1. The van der Waals surface area contributed by atoms with Crippen molar-refractivity contribution in [3.05, 3.63) is 30.2 Å². The highest BCUT2D eigenvalue weighted by Gasteiger charge is 2.44. The number of nitrogens with one attached hydrogen (secondary N) is 2. The summed E-state index contributed by atoms with van der Waals surface area (Å²) < 4.78 is 5.54. The quantitative estimate of drug-likeness (QED) is 0.859. The Labute approximate surface area is 154 Å². The fraction of sp³-hybridized carbons (Fsp3) is 0.579. The molecule has 3 heterocycles. The Hall–Kier alpha value is -2.28. The van der Waals surface area contributed by atoms with Gasteiger partial charge in [-0.05, 0) is 38.7 Å². The maximum absolute atomic E-state index is 12.6. The lowest BCUT2D eigenvalue weighted by molar-refractivity contribution is 0.0375. The van der Waals surface area contributed by atoms with Crippen LogP contribution in [0.2, 0.25) is 0 Å². The predicted molar refractivity (Wildman–Crippen MR) is 99.6 cm³/mol. The van der Waals surface area contributed by atoms with Crippen molar-refractivity contribution in [3.63, 3.8) is 0 Å². The molecule has 140 valence electrons. The van der Waals surface area contributed by atoms with Gasteiger partial charge in [-0.2, -0.15) is 0 Å². The third-order valence-corrected chi connectivity index (χ3v) is 4.44. The molecule has 0 radical (unpaired) electrons. The molecule has 0 aliphatic carbocycles. The van der Waals surface area contributed by atoms with Crippen molar-refractivity contribution in [2.24, 2.45) is 5.41 Å². The number of carbonyl (C=O) groups excluding carboxylic acids is 1. The normalized spacial score (nSPS) is 22.8. The first-order valence-electron chi connectivity index (χ1n) is 8.88. The van der Waals surface area contributed by atoms with E-state index in [9.17, 15) is 4.79 Å². The van der Waals surface area contributed by atoms with Gasteiger partial charge in [0.2, 0.25) is 0 Å². The summed E-state index contributed by atoms with van der Waals surface area (Å²) >= 11 is 0. The number of carbonyl (C=O) groups is 1. The lowest BCUT2D eigenvalue weighted by Gasteiger charge is -2.46. The first kappa shape index (κ1) is 18.5. The molecule has 1 fully saturated rings. The van der Waals surface area contributed by atoms with Crippen LogP contribution in [0.1, 0.15) is 46.6 Å². The van der Waals surface area contributed by atoms with Crippen molar-refractivity contribution in [1.29, 1.82) is 0 Å². The first-order chi connectivity index (χ1) is 12.1. The van der Waals surface area contributed by atoms with Gasteiger partial charge in [-0.25, -0.2) is 14.8 Å². The molecule has 1 aliphatic rings. The van der Waals surface area contributed by atoms with E-state index in [0.29, 0.717) is 17.7 Å². The van der Waals surface area contributed by atoms with Crippen LogP contribution in [0.15, 0.2) is 24.7 Å². The average Bonchev–Trinajstić information content (AvgIpc) is 2.51. The van der Waals surface area contributed by atoms with Crippen molar-refractivity contribution < 1.29 is 9.53 Å². The van der Waals surface area contributed by atoms with E-state index in [1.807, 2.05) is 26.8 Å². The third-order valence-electron chi connectivity index (χ3n) is 4.44. The molecule has 0 saturated carbocycles. The van der Waals surface area contributed by atoms with Gasteiger partial charge >= 0.3 is 6.09 Å². The van der Waals surface area contributed by atoms with Crippen LogP contribution in [-0.4, -0.2) is 39.7 Å². The van der Waals surface area contributed by atoms with Crippen LogP contribution >= 0.6 is 0 Å². The predicted octanol–water partition coefficient (Wildman–Crippen LogP) is 2.76. The number of hydrogen-bond acceptors (Lipinski definition) is 6. The maximum atomic E-state index is 12.6. The van der Waals surface area contributed by atoms with Gasteiger partial charge < -0.3 is 15.4 Å². The molecule has 7 heteroatoms. The fourth-order valence-electron chi connectivity index (χ4n) is 3.66. The summed E-state index contributed by atoms with van der Waals surface area (Å²) in [6.45, 7) is 11.4. The molecule has 1 aliphatic heterocycles. The topological polar surface area (TPSA) is 89.0 Å². The molecule has 2 aromatic heterocycles. The van der Waals surface area contributed by atoms with E-state index in [4.69, 9.17) is 4.74 Å². The van der Waals surface area contributed by atoms with Crippen molar-refractivity contribution in [1.82, 2.24) is 25.6 Å². The maximum Gasteiger partial charge on any atom is 0.408 e. The monoisotopic (exact) mass is 357 g/mol. The Bertz CT molecular complexity index is 810. The second-order valence-corrected chi connectivity index (χ2v) is 8.74. The zero-order chi connectivity index (χ0) is 19.0. The molecule has 1 saturated heterocycles. The first-order valence-corrected chi connectivity index (χ1v) is 8.88. The van der Waals surface area contributed by atoms with Crippen molar-refractivity contribution in [2.75, 3.05) is 13.1 Å². The molecule has 0 aromatic carbocycles. The molecule has 1 amide bonds. The molecule has 0 spiro atoms. The number of alkyl carbamates (subject to hydrolysis) is 1. The molecule has 0 bridgehead atoms. The van der Waals surface area contributed by atoms with Gasteiger partial charge in [-0.15, -0.1) is 0 Å². The highest BCUT2D eigenvalue weighted by Crippen LogP contribution is 2.39. The second kappa shape index (κ2) is 6.46. The number of fused-ring (bicyclic) bond motifs is 1.